The summed E-state index contributed by atoms with van der Waals surface area (Å²) in [5.74, 6) is 0.420. The van der Waals surface area contributed by atoms with Gasteiger partial charge in [-0.2, -0.15) is 0 Å². The molecule has 0 spiro atoms. The van der Waals surface area contributed by atoms with Gasteiger partial charge in [-0.25, -0.2) is 0 Å². The van der Waals surface area contributed by atoms with Crippen LogP contribution in [0.4, 0.5) is 5.69 Å². The summed E-state index contributed by atoms with van der Waals surface area (Å²) in [7, 11) is 1.64. The smallest absolute Gasteiger partial charge is 0.281 e. The van der Waals surface area contributed by atoms with E-state index in [2.05, 4.69) is 23.6 Å². The largest absolute Gasteiger partial charge is 0.494 e. The van der Waals surface area contributed by atoms with E-state index in [0.717, 1.165) is 40.6 Å². The second kappa shape index (κ2) is 12.0. The highest BCUT2D eigenvalue weighted by atomic mass is 32.1. The van der Waals surface area contributed by atoms with Crippen LogP contribution in [0.1, 0.15) is 31.4 Å². The van der Waals surface area contributed by atoms with Gasteiger partial charge in [-0.15, -0.1) is 0 Å². The number of carbonyl (C=O) groups excluding carboxylic acids is 2. The van der Waals surface area contributed by atoms with Gasteiger partial charge in [0.25, 0.3) is 5.91 Å². The fraction of sp³-hybridized carbons (Fsp3) is 0.321. The summed E-state index contributed by atoms with van der Waals surface area (Å²) in [6.07, 6.45) is 5.30. The van der Waals surface area contributed by atoms with E-state index < -0.39 is 0 Å². The molecule has 3 aromatic rings. The number of hydrogen-bond donors (Lipinski definition) is 2. The van der Waals surface area contributed by atoms with Crippen molar-refractivity contribution in [1.82, 2.24) is 15.2 Å². The van der Waals surface area contributed by atoms with Gasteiger partial charge in [0.1, 0.15) is 18.0 Å². The number of thiocarbonyl (C=S) groups is 1. The molecule has 0 bridgehead atoms. The number of aryl methyl sites for hydroxylation is 1. The molecule has 194 valence electrons. The first-order valence-corrected chi connectivity index (χ1v) is 12.8. The third-order valence-electron chi connectivity index (χ3n) is 6.14. The van der Waals surface area contributed by atoms with E-state index in [9.17, 15) is 9.59 Å². The molecule has 1 aromatic heterocycles. The highest BCUT2D eigenvalue weighted by Gasteiger charge is 2.32. The molecule has 37 heavy (non-hydrogen) atoms. The molecule has 0 aliphatic carbocycles. The molecule has 0 atom stereocenters. The Morgan fingerprint density at radius 1 is 1.16 bits per heavy atom. The van der Waals surface area contributed by atoms with Crippen molar-refractivity contribution in [3.63, 3.8) is 0 Å². The lowest BCUT2D eigenvalue weighted by Gasteiger charge is -2.14. The van der Waals surface area contributed by atoms with Gasteiger partial charge < -0.3 is 24.7 Å². The molecule has 0 unspecified atom stereocenters. The average molecular weight is 521 g/mol. The Morgan fingerprint density at radius 2 is 1.95 bits per heavy atom. The number of carbonyl (C=O) groups is 2. The number of aromatic nitrogens is 1. The van der Waals surface area contributed by atoms with Gasteiger partial charge in [0.05, 0.1) is 17.8 Å². The summed E-state index contributed by atoms with van der Waals surface area (Å²) < 4.78 is 12.5. The Labute approximate surface area is 222 Å². The molecule has 9 heteroatoms. The molecule has 0 saturated carbocycles. The van der Waals surface area contributed by atoms with Crippen LogP contribution in [0.3, 0.4) is 0 Å². The Morgan fingerprint density at radius 3 is 2.65 bits per heavy atom. The van der Waals surface area contributed by atoms with Crippen LogP contribution in [0.5, 0.6) is 5.75 Å². The number of para-hydroxylation sites is 1. The minimum Gasteiger partial charge on any atom is -0.494 e. The molecular formula is C28H32N4O4S. The van der Waals surface area contributed by atoms with E-state index in [1.807, 2.05) is 54.1 Å². The van der Waals surface area contributed by atoms with Crippen molar-refractivity contribution in [1.29, 1.82) is 0 Å². The maximum atomic E-state index is 13.3. The van der Waals surface area contributed by atoms with Crippen LogP contribution in [0.15, 0.2) is 54.4 Å². The number of anilines is 1. The fourth-order valence-electron chi connectivity index (χ4n) is 4.43. The lowest BCUT2D eigenvalue weighted by molar-refractivity contribution is -0.121. The third-order valence-corrected chi connectivity index (χ3v) is 6.42. The molecule has 2 amide bonds. The molecule has 1 aliphatic rings. The fourth-order valence-corrected chi connectivity index (χ4v) is 4.73. The topological polar surface area (TPSA) is 84.8 Å². The standard InChI is InChI=1S/C28H32N4O4S/c1-4-19-8-6-9-23-20(17-31(26(19)23)18-25(33)29-14-7-15-35-3)16-24-27(34)32(28(37)30-24)21-10-12-22(13-11-21)36-5-2/h6,8-13,16-17H,4-5,7,14-15,18H2,1-3H3,(H,29,33)(H,30,37)/b24-16-. The summed E-state index contributed by atoms with van der Waals surface area (Å²) in [6.45, 7) is 5.91. The lowest BCUT2D eigenvalue weighted by atomic mass is 10.1. The number of ether oxygens (including phenoxy) is 2. The van der Waals surface area contributed by atoms with Crippen molar-refractivity contribution in [2.75, 3.05) is 31.8 Å². The Balaban J connectivity index is 1.62. The first-order chi connectivity index (χ1) is 18.0. The molecule has 1 saturated heterocycles. The van der Waals surface area contributed by atoms with Gasteiger partial charge in [-0.1, -0.05) is 25.1 Å². The van der Waals surface area contributed by atoms with Gasteiger partial charge in [0.15, 0.2) is 5.11 Å². The van der Waals surface area contributed by atoms with Crippen LogP contribution in [-0.2, 0) is 27.3 Å². The third kappa shape index (κ3) is 5.84. The first kappa shape index (κ1) is 26.4. The van der Waals surface area contributed by atoms with E-state index in [1.54, 1.807) is 13.2 Å². The number of methoxy groups -OCH3 is 1. The van der Waals surface area contributed by atoms with Crippen molar-refractivity contribution >= 4 is 51.8 Å². The minimum atomic E-state index is -0.238. The summed E-state index contributed by atoms with van der Waals surface area (Å²) in [6, 6.07) is 13.3. The number of nitrogens with zero attached hydrogens (tertiary/aromatic N) is 2. The van der Waals surface area contributed by atoms with Gasteiger partial charge in [0, 0.05) is 37.4 Å². The van der Waals surface area contributed by atoms with Crippen LogP contribution < -0.4 is 20.3 Å². The molecule has 1 aliphatic heterocycles. The van der Waals surface area contributed by atoms with E-state index in [0.29, 0.717) is 36.3 Å². The van der Waals surface area contributed by atoms with Crippen molar-refractivity contribution in [2.45, 2.75) is 33.2 Å². The zero-order valence-electron chi connectivity index (χ0n) is 21.4. The second-order valence-electron chi connectivity index (χ2n) is 8.63. The van der Waals surface area contributed by atoms with Crippen molar-refractivity contribution in [3.05, 3.63) is 65.5 Å². The maximum Gasteiger partial charge on any atom is 0.281 e. The molecule has 0 radical (unpaired) electrons. The van der Waals surface area contributed by atoms with Crippen molar-refractivity contribution < 1.29 is 19.1 Å². The predicted octanol–water partition coefficient (Wildman–Crippen LogP) is 4.02. The molecule has 2 N–H and O–H groups in total. The van der Waals surface area contributed by atoms with E-state index in [-0.39, 0.29) is 18.4 Å². The Bertz CT molecular complexity index is 1330. The average Bonchev–Trinajstić information content (AvgIpc) is 3.38. The highest BCUT2D eigenvalue weighted by molar-refractivity contribution is 7.80. The number of amides is 2. The highest BCUT2D eigenvalue weighted by Crippen LogP contribution is 2.29. The molecule has 8 nitrogen and oxygen atoms in total. The van der Waals surface area contributed by atoms with Gasteiger partial charge in [-0.05, 0) is 67.9 Å². The molecule has 4 rings (SSSR count). The molecule has 1 fully saturated rings. The number of rotatable bonds is 11. The van der Waals surface area contributed by atoms with E-state index in [1.165, 1.54) is 4.90 Å². The normalized spacial score (nSPS) is 14.5. The molecular weight excluding hydrogens is 488 g/mol. The minimum absolute atomic E-state index is 0.0731. The van der Waals surface area contributed by atoms with E-state index >= 15 is 0 Å². The van der Waals surface area contributed by atoms with Crippen LogP contribution in [-0.4, -0.2) is 48.4 Å². The van der Waals surface area contributed by atoms with Crippen LogP contribution in [0.2, 0.25) is 0 Å². The zero-order valence-corrected chi connectivity index (χ0v) is 22.2. The predicted molar refractivity (Wildman–Crippen MR) is 150 cm³/mol. The first-order valence-electron chi connectivity index (χ1n) is 12.4. The van der Waals surface area contributed by atoms with Gasteiger partial charge in [0.2, 0.25) is 5.91 Å². The summed E-state index contributed by atoms with van der Waals surface area (Å²) in [4.78, 5) is 27.5. The van der Waals surface area contributed by atoms with Gasteiger partial charge in [-0.3, -0.25) is 14.5 Å². The Hall–Kier alpha value is -3.69. The molecule has 2 aromatic carbocycles. The number of nitrogens with one attached hydrogen (secondary N) is 2. The quantitative estimate of drug-likeness (QED) is 0.226. The number of hydrogen-bond acceptors (Lipinski definition) is 5. The van der Waals surface area contributed by atoms with Crippen molar-refractivity contribution in [3.8, 4) is 5.75 Å². The van der Waals surface area contributed by atoms with Gasteiger partial charge >= 0.3 is 0 Å². The SMILES string of the molecule is CCOc1ccc(N2C(=O)/C(=C/c3cn(CC(=O)NCCCOC)c4c(CC)cccc34)NC2=S)cc1. The van der Waals surface area contributed by atoms with Crippen LogP contribution >= 0.6 is 12.2 Å². The lowest BCUT2D eigenvalue weighted by Crippen LogP contribution is -2.30. The zero-order chi connectivity index (χ0) is 26.4. The van der Waals surface area contributed by atoms with Crippen molar-refractivity contribution in [2.24, 2.45) is 0 Å². The van der Waals surface area contributed by atoms with E-state index in [4.69, 9.17) is 21.7 Å². The maximum absolute atomic E-state index is 13.3. The summed E-state index contributed by atoms with van der Waals surface area (Å²) >= 11 is 5.49. The monoisotopic (exact) mass is 520 g/mol. The molecule has 2 heterocycles. The number of benzene rings is 2. The number of fused-ring (bicyclic) bond motifs is 1. The Kier molecular flexibility index (Phi) is 8.58. The van der Waals surface area contributed by atoms with Crippen LogP contribution in [0.25, 0.3) is 17.0 Å². The second-order valence-corrected chi connectivity index (χ2v) is 9.02. The summed E-state index contributed by atoms with van der Waals surface area (Å²) in [5.41, 5.74) is 4.00. The summed E-state index contributed by atoms with van der Waals surface area (Å²) in [5, 5.41) is 7.29. The van der Waals surface area contributed by atoms with Crippen LogP contribution in [0, 0.1) is 0 Å².